The van der Waals surface area contributed by atoms with Crippen molar-refractivity contribution in [2.45, 2.75) is 0 Å². The quantitative estimate of drug-likeness (QED) is 0.640. The summed E-state index contributed by atoms with van der Waals surface area (Å²) in [4.78, 5) is 0. The minimum Gasteiger partial charge on any atom is -0.205 e. The van der Waals surface area contributed by atoms with Gasteiger partial charge >= 0.3 is 0 Å². The van der Waals surface area contributed by atoms with Crippen LogP contribution in [-0.4, -0.2) is 6.42 Å². The Labute approximate surface area is 125 Å². The minimum absolute atomic E-state index is 0.356. The van der Waals surface area contributed by atoms with E-state index >= 15 is 0 Å². The minimum atomic E-state index is -2.20. The molecule has 0 aromatic heterocycles. The van der Waals surface area contributed by atoms with Crippen LogP contribution in [0, 0.1) is 0 Å². The first-order chi connectivity index (χ1) is 10.4. The number of hydrogen-bond acceptors (Lipinski definition) is 0. The Hall–Kier alpha value is -1.98. The van der Waals surface area contributed by atoms with Crippen LogP contribution in [0.5, 0.6) is 0 Å². The van der Waals surface area contributed by atoms with Gasteiger partial charge in [0.15, 0.2) is 0 Å². The van der Waals surface area contributed by atoms with Gasteiger partial charge in [-0.25, -0.2) is 4.39 Å². The van der Waals surface area contributed by atoms with Crippen LogP contribution in [0.4, 0.5) is 4.39 Å². The number of alkyl halides is 1. The standard InChI is InChI=1S/C19H17FP/c20-16-21(17-10-4-1-5-11-17,18-12-6-2-7-13-18)19-14-8-3-9-15-19/h1-15H,16H2/q+1. The van der Waals surface area contributed by atoms with Crippen molar-refractivity contribution in [1.82, 2.24) is 0 Å². The number of benzene rings is 3. The SMILES string of the molecule is FC[P+](c1ccccc1)(c1ccccc1)c1ccccc1. The molecule has 0 amide bonds. The molecule has 0 fully saturated rings. The highest BCUT2D eigenvalue weighted by Crippen LogP contribution is 2.55. The molecule has 0 N–H and O–H groups in total. The summed E-state index contributed by atoms with van der Waals surface area (Å²) in [7, 11) is -2.20. The fourth-order valence-corrected chi connectivity index (χ4v) is 6.05. The maximum absolute atomic E-state index is 14.4. The van der Waals surface area contributed by atoms with Crippen LogP contribution in [0.2, 0.25) is 0 Å². The lowest BCUT2D eigenvalue weighted by Crippen LogP contribution is -2.32. The largest absolute Gasteiger partial charge is 0.210 e. The second-order valence-corrected chi connectivity index (χ2v) is 8.34. The molecule has 104 valence electrons. The summed E-state index contributed by atoms with van der Waals surface area (Å²) in [6, 6.07) is 30.2. The van der Waals surface area contributed by atoms with Crippen molar-refractivity contribution in [3.8, 4) is 0 Å². The van der Waals surface area contributed by atoms with Crippen molar-refractivity contribution in [3.05, 3.63) is 91.0 Å². The van der Waals surface area contributed by atoms with E-state index in [0.717, 1.165) is 15.9 Å². The first-order valence-corrected chi connectivity index (χ1v) is 8.96. The van der Waals surface area contributed by atoms with Gasteiger partial charge in [-0.1, -0.05) is 54.6 Å². The average Bonchev–Trinajstić information content (AvgIpc) is 2.59. The van der Waals surface area contributed by atoms with E-state index in [2.05, 4.69) is 0 Å². The van der Waals surface area contributed by atoms with E-state index < -0.39 is 7.26 Å². The Morgan fingerprint density at radius 2 is 0.810 bits per heavy atom. The first kappa shape index (κ1) is 14.0. The van der Waals surface area contributed by atoms with Crippen molar-refractivity contribution in [2.75, 3.05) is 6.42 Å². The highest BCUT2D eigenvalue weighted by Gasteiger charge is 2.45. The van der Waals surface area contributed by atoms with Gasteiger partial charge in [0, 0.05) is 0 Å². The Kier molecular flexibility index (Phi) is 4.13. The van der Waals surface area contributed by atoms with E-state index in [-0.39, 0.29) is 6.42 Å². The Balaban J connectivity index is 2.29. The molecular weight excluding hydrogens is 278 g/mol. The molecule has 3 rings (SSSR count). The third-order valence-corrected chi connectivity index (χ3v) is 7.67. The molecule has 0 aliphatic rings. The van der Waals surface area contributed by atoms with E-state index in [1.54, 1.807) is 0 Å². The normalized spacial score (nSPS) is 11.3. The number of hydrogen-bond donors (Lipinski definition) is 0. The molecule has 0 nitrogen and oxygen atoms in total. The predicted molar refractivity (Wildman–Crippen MR) is 91.1 cm³/mol. The lowest BCUT2D eigenvalue weighted by Gasteiger charge is -2.24. The van der Waals surface area contributed by atoms with Crippen LogP contribution in [0.3, 0.4) is 0 Å². The second-order valence-electron chi connectivity index (χ2n) is 4.94. The van der Waals surface area contributed by atoms with Crippen molar-refractivity contribution in [1.29, 1.82) is 0 Å². The van der Waals surface area contributed by atoms with Gasteiger partial charge in [0.25, 0.3) is 0 Å². The third-order valence-electron chi connectivity index (χ3n) is 3.77. The molecule has 0 aliphatic carbocycles. The maximum Gasteiger partial charge on any atom is 0.210 e. The lowest BCUT2D eigenvalue weighted by atomic mass is 10.4. The van der Waals surface area contributed by atoms with Gasteiger partial charge in [0.1, 0.15) is 23.2 Å². The van der Waals surface area contributed by atoms with Gasteiger partial charge < -0.3 is 0 Å². The summed E-state index contributed by atoms with van der Waals surface area (Å²) in [5.74, 6) is 0. The number of rotatable bonds is 4. The highest BCUT2D eigenvalue weighted by molar-refractivity contribution is 7.95. The fraction of sp³-hybridized carbons (Fsp3) is 0.0526. The molecule has 0 saturated heterocycles. The molecule has 3 aromatic carbocycles. The smallest absolute Gasteiger partial charge is 0.205 e. The van der Waals surface area contributed by atoms with E-state index in [1.165, 1.54) is 0 Å². The molecule has 0 bridgehead atoms. The summed E-state index contributed by atoms with van der Waals surface area (Å²) in [5, 5.41) is 3.26. The fourth-order valence-electron chi connectivity index (χ4n) is 2.70. The van der Waals surface area contributed by atoms with Crippen LogP contribution in [0.15, 0.2) is 91.0 Å². The zero-order valence-electron chi connectivity index (χ0n) is 11.7. The summed E-state index contributed by atoms with van der Waals surface area (Å²) >= 11 is 0. The molecular formula is C19H17FP+. The van der Waals surface area contributed by atoms with Crippen LogP contribution < -0.4 is 15.9 Å². The highest BCUT2D eigenvalue weighted by atomic mass is 31.2. The van der Waals surface area contributed by atoms with Gasteiger partial charge in [-0.3, -0.25) is 0 Å². The molecule has 0 heterocycles. The average molecular weight is 295 g/mol. The summed E-state index contributed by atoms with van der Waals surface area (Å²) in [5.41, 5.74) is 0. The molecule has 21 heavy (non-hydrogen) atoms. The van der Waals surface area contributed by atoms with Crippen molar-refractivity contribution < 1.29 is 4.39 Å². The van der Waals surface area contributed by atoms with Crippen LogP contribution >= 0.6 is 7.26 Å². The van der Waals surface area contributed by atoms with E-state index in [0.29, 0.717) is 0 Å². The summed E-state index contributed by atoms with van der Waals surface area (Å²) in [6.07, 6.45) is -0.356. The molecule has 2 heteroatoms. The van der Waals surface area contributed by atoms with Gasteiger partial charge in [-0.05, 0) is 36.4 Å². The zero-order valence-corrected chi connectivity index (χ0v) is 12.6. The zero-order chi connectivity index (χ0) is 14.5. The Morgan fingerprint density at radius 3 is 1.05 bits per heavy atom. The molecule has 0 spiro atoms. The van der Waals surface area contributed by atoms with E-state index in [4.69, 9.17) is 0 Å². The first-order valence-electron chi connectivity index (χ1n) is 6.99. The third kappa shape index (κ3) is 2.50. The molecule has 0 aliphatic heterocycles. The van der Waals surface area contributed by atoms with E-state index in [1.807, 2.05) is 91.0 Å². The van der Waals surface area contributed by atoms with Gasteiger partial charge in [-0.15, -0.1) is 0 Å². The lowest BCUT2D eigenvalue weighted by molar-refractivity contribution is 0.599. The second kappa shape index (κ2) is 6.20. The van der Waals surface area contributed by atoms with Gasteiger partial charge in [-0.2, -0.15) is 0 Å². The Morgan fingerprint density at radius 1 is 0.524 bits per heavy atom. The predicted octanol–water partition coefficient (Wildman–Crippen LogP) is 3.91. The monoisotopic (exact) mass is 295 g/mol. The van der Waals surface area contributed by atoms with Gasteiger partial charge in [0.05, 0.1) is 0 Å². The van der Waals surface area contributed by atoms with Crippen LogP contribution in [-0.2, 0) is 0 Å². The molecule has 0 saturated carbocycles. The summed E-state index contributed by atoms with van der Waals surface area (Å²) in [6.45, 7) is 0. The molecule has 0 unspecified atom stereocenters. The van der Waals surface area contributed by atoms with Crippen LogP contribution in [0.25, 0.3) is 0 Å². The molecule has 0 atom stereocenters. The van der Waals surface area contributed by atoms with E-state index in [9.17, 15) is 4.39 Å². The van der Waals surface area contributed by atoms with Crippen molar-refractivity contribution in [2.24, 2.45) is 0 Å². The number of halogens is 1. The van der Waals surface area contributed by atoms with Crippen molar-refractivity contribution >= 4 is 23.2 Å². The van der Waals surface area contributed by atoms with Gasteiger partial charge in [0.2, 0.25) is 6.42 Å². The molecule has 0 radical (unpaired) electrons. The summed E-state index contributed by atoms with van der Waals surface area (Å²) < 4.78 is 14.4. The molecule has 3 aromatic rings. The van der Waals surface area contributed by atoms with Crippen LogP contribution in [0.1, 0.15) is 0 Å². The Bertz CT molecular complexity index is 584. The van der Waals surface area contributed by atoms with Crippen molar-refractivity contribution in [3.63, 3.8) is 0 Å². The topological polar surface area (TPSA) is 0 Å². The maximum atomic E-state index is 14.4.